The van der Waals surface area contributed by atoms with Crippen LogP contribution in [0.2, 0.25) is 5.15 Å². The Labute approximate surface area is 152 Å². The highest BCUT2D eigenvalue weighted by atomic mass is 35.5. The molecule has 0 aliphatic carbocycles. The van der Waals surface area contributed by atoms with E-state index in [-0.39, 0.29) is 35.0 Å². The van der Waals surface area contributed by atoms with Gasteiger partial charge in [-0.2, -0.15) is 5.26 Å². The summed E-state index contributed by atoms with van der Waals surface area (Å²) in [4.78, 5) is 16.8. The van der Waals surface area contributed by atoms with E-state index in [1.165, 1.54) is 4.90 Å². The first kappa shape index (κ1) is 21.0. The number of hydrogen-bond donors (Lipinski definition) is 2. The molecule has 0 fully saturated rings. The Hall–Kier alpha value is -2.07. The number of amides is 1. The molecule has 1 heterocycles. The van der Waals surface area contributed by atoms with Gasteiger partial charge in [-0.05, 0) is 39.2 Å². The van der Waals surface area contributed by atoms with Crippen LogP contribution >= 0.6 is 11.6 Å². The van der Waals surface area contributed by atoms with E-state index in [4.69, 9.17) is 16.9 Å². The van der Waals surface area contributed by atoms with Gasteiger partial charge in [-0.3, -0.25) is 0 Å². The smallest absolute Gasteiger partial charge is 0.407 e. The standard InChI is InChI=1S/C17H24ClFN4O2/c1-10(2)6-12(9-23(16(24)25)17(3,4)5)21-15-13(19)7-11(8-20)14(18)22-15/h7,10,12H,6,9H2,1-5H3,(H,21,22)(H,24,25)/t12-/m1/s1. The number of carbonyl (C=O) groups is 1. The highest BCUT2D eigenvalue weighted by Crippen LogP contribution is 2.23. The number of nitriles is 1. The first-order valence-corrected chi connectivity index (χ1v) is 8.36. The predicted octanol–water partition coefficient (Wildman–Crippen LogP) is 4.35. The molecule has 0 aliphatic heterocycles. The third kappa shape index (κ3) is 6.05. The first-order chi connectivity index (χ1) is 11.5. The molecule has 2 N–H and O–H groups in total. The monoisotopic (exact) mass is 370 g/mol. The van der Waals surface area contributed by atoms with Crippen molar-refractivity contribution in [2.24, 2.45) is 5.92 Å². The second-order valence-corrected chi connectivity index (χ2v) is 7.66. The largest absolute Gasteiger partial charge is 0.465 e. The molecule has 0 aromatic carbocycles. The number of pyridine rings is 1. The van der Waals surface area contributed by atoms with E-state index in [1.54, 1.807) is 26.8 Å². The van der Waals surface area contributed by atoms with Gasteiger partial charge in [0.05, 0.1) is 5.56 Å². The highest BCUT2D eigenvalue weighted by Gasteiger charge is 2.29. The summed E-state index contributed by atoms with van der Waals surface area (Å²) in [5.74, 6) is -0.536. The maximum atomic E-state index is 14.2. The Balaban J connectivity index is 3.10. The Kier molecular flexibility index (Phi) is 7.00. The Morgan fingerprint density at radius 3 is 2.56 bits per heavy atom. The minimum absolute atomic E-state index is 0.0491. The average molecular weight is 371 g/mol. The fourth-order valence-electron chi connectivity index (χ4n) is 2.45. The van der Waals surface area contributed by atoms with Gasteiger partial charge in [-0.15, -0.1) is 0 Å². The van der Waals surface area contributed by atoms with Crippen molar-refractivity contribution < 1.29 is 14.3 Å². The summed E-state index contributed by atoms with van der Waals surface area (Å²) >= 11 is 5.87. The molecule has 0 bridgehead atoms. The zero-order valence-electron chi connectivity index (χ0n) is 15.1. The number of halogens is 2. The zero-order chi connectivity index (χ0) is 19.4. The van der Waals surface area contributed by atoms with Crippen molar-refractivity contribution in [1.29, 1.82) is 5.26 Å². The molecule has 6 nitrogen and oxygen atoms in total. The molecule has 138 valence electrons. The van der Waals surface area contributed by atoms with Gasteiger partial charge >= 0.3 is 6.09 Å². The fraction of sp³-hybridized carbons (Fsp3) is 0.588. The van der Waals surface area contributed by atoms with E-state index in [9.17, 15) is 14.3 Å². The summed E-state index contributed by atoms with van der Waals surface area (Å²) in [5.41, 5.74) is -0.649. The van der Waals surface area contributed by atoms with E-state index in [2.05, 4.69) is 10.3 Å². The van der Waals surface area contributed by atoms with E-state index >= 15 is 0 Å². The van der Waals surface area contributed by atoms with Crippen LogP contribution in [0.5, 0.6) is 0 Å². The van der Waals surface area contributed by atoms with Gasteiger partial charge in [0.25, 0.3) is 0 Å². The number of rotatable bonds is 6. The van der Waals surface area contributed by atoms with Crippen molar-refractivity contribution in [3.8, 4) is 6.07 Å². The molecular formula is C17H24ClFN4O2. The van der Waals surface area contributed by atoms with E-state index < -0.39 is 17.4 Å². The summed E-state index contributed by atoms with van der Waals surface area (Å²) < 4.78 is 14.2. The molecular weight excluding hydrogens is 347 g/mol. The predicted molar refractivity (Wildman–Crippen MR) is 95.3 cm³/mol. The summed E-state index contributed by atoms with van der Waals surface area (Å²) in [6.07, 6.45) is -0.437. The quantitative estimate of drug-likeness (QED) is 0.726. The number of aromatic nitrogens is 1. The minimum Gasteiger partial charge on any atom is -0.465 e. The van der Waals surface area contributed by atoms with Crippen LogP contribution in [-0.2, 0) is 0 Å². The van der Waals surface area contributed by atoms with Crippen LogP contribution in [0, 0.1) is 23.1 Å². The SMILES string of the molecule is CC(C)C[C@H](CN(C(=O)O)C(C)(C)C)Nc1nc(Cl)c(C#N)cc1F. The average Bonchev–Trinajstić information content (AvgIpc) is 2.45. The lowest BCUT2D eigenvalue weighted by Crippen LogP contribution is -2.50. The van der Waals surface area contributed by atoms with Gasteiger partial charge in [0.1, 0.15) is 11.2 Å². The highest BCUT2D eigenvalue weighted by molar-refractivity contribution is 6.30. The van der Waals surface area contributed by atoms with Crippen LogP contribution in [0.3, 0.4) is 0 Å². The molecule has 0 saturated heterocycles. The molecule has 1 aromatic heterocycles. The maximum absolute atomic E-state index is 14.2. The lowest BCUT2D eigenvalue weighted by Gasteiger charge is -2.36. The van der Waals surface area contributed by atoms with Crippen LogP contribution in [0.15, 0.2) is 6.07 Å². The van der Waals surface area contributed by atoms with Gasteiger partial charge in [-0.1, -0.05) is 25.4 Å². The molecule has 0 unspecified atom stereocenters. The number of hydrogen-bond acceptors (Lipinski definition) is 4. The molecule has 0 radical (unpaired) electrons. The third-order valence-corrected chi connectivity index (χ3v) is 3.88. The van der Waals surface area contributed by atoms with E-state index in [1.807, 2.05) is 13.8 Å². The summed E-state index contributed by atoms with van der Waals surface area (Å²) in [6.45, 7) is 9.54. The summed E-state index contributed by atoms with van der Waals surface area (Å²) in [6, 6.07) is 2.42. The first-order valence-electron chi connectivity index (χ1n) is 7.99. The minimum atomic E-state index is -1.05. The van der Waals surface area contributed by atoms with Gasteiger partial charge < -0.3 is 15.3 Å². The molecule has 0 saturated carbocycles. The van der Waals surface area contributed by atoms with Gasteiger partial charge in [0.15, 0.2) is 11.6 Å². The number of carboxylic acid groups (broad SMARTS) is 1. The second-order valence-electron chi connectivity index (χ2n) is 7.30. The fourth-order valence-corrected chi connectivity index (χ4v) is 2.63. The molecule has 0 aliphatic rings. The maximum Gasteiger partial charge on any atom is 0.407 e. The molecule has 8 heteroatoms. The second kappa shape index (κ2) is 8.34. The molecule has 1 aromatic rings. The van der Waals surface area contributed by atoms with Gasteiger partial charge in [-0.25, -0.2) is 14.2 Å². The molecule has 1 atom stereocenters. The van der Waals surface area contributed by atoms with E-state index in [0.717, 1.165) is 6.07 Å². The Morgan fingerprint density at radius 1 is 1.52 bits per heavy atom. The Morgan fingerprint density at radius 2 is 2.12 bits per heavy atom. The van der Waals surface area contributed by atoms with Crippen LogP contribution in [-0.4, -0.2) is 39.2 Å². The lowest BCUT2D eigenvalue weighted by atomic mass is 10.00. The summed E-state index contributed by atoms with van der Waals surface area (Å²) in [7, 11) is 0. The zero-order valence-corrected chi connectivity index (χ0v) is 15.9. The van der Waals surface area contributed by atoms with Crippen molar-refractivity contribution in [1.82, 2.24) is 9.88 Å². The van der Waals surface area contributed by atoms with Crippen LogP contribution in [0.4, 0.5) is 15.0 Å². The van der Waals surface area contributed by atoms with Crippen LogP contribution in [0.1, 0.15) is 46.6 Å². The Bertz CT molecular complexity index is 668. The third-order valence-electron chi connectivity index (χ3n) is 3.59. The van der Waals surface area contributed by atoms with Crippen molar-refractivity contribution in [3.63, 3.8) is 0 Å². The molecule has 0 spiro atoms. The molecule has 25 heavy (non-hydrogen) atoms. The topological polar surface area (TPSA) is 89.2 Å². The normalized spacial score (nSPS) is 12.6. The van der Waals surface area contributed by atoms with Crippen molar-refractivity contribution >= 4 is 23.5 Å². The van der Waals surface area contributed by atoms with Crippen molar-refractivity contribution in [3.05, 3.63) is 22.6 Å². The van der Waals surface area contributed by atoms with Gasteiger partial charge in [0.2, 0.25) is 0 Å². The van der Waals surface area contributed by atoms with Crippen molar-refractivity contribution in [2.45, 2.75) is 52.6 Å². The number of nitrogens with zero attached hydrogens (tertiary/aromatic N) is 3. The summed E-state index contributed by atoms with van der Waals surface area (Å²) in [5, 5.41) is 21.2. The number of anilines is 1. The van der Waals surface area contributed by atoms with Gasteiger partial charge in [0, 0.05) is 18.1 Å². The van der Waals surface area contributed by atoms with Crippen LogP contribution < -0.4 is 5.32 Å². The number of nitrogens with one attached hydrogen (secondary N) is 1. The molecule has 1 amide bonds. The molecule has 1 rings (SSSR count). The van der Waals surface area contributed by atoms with E-state index in [0.29, 0.717) is 6.42 Å². The van der Waals surface area contributed by atoms with Crippen LogP contribution in [0.25, 0.3) is 0 Å². The lowest BCUT2D eigenvalue weighted by molar-refractivity contribution is 0.0958. The van der Waals surface area contributed by atoms with Crippen molar-refractivity contribution in [2.75, 3.05) is 11.9 Å².